The van der Waals surface area contributed by atoms with Crippen molar-refractivity contribution in [2.45, 2.75) is 13.5 Å². The zero-order valence-electron chi connectivity index (χ0n) is 21.9. The third-order valence-electron chi connectivity index (χ3n) is 5.61. The molecule has 0 bridgehead atoms. The van der Waals surface area contributed by atoms with E-state index in [2.05, 4.69) is 26.5 Å². The number of halogens is 1. The Morgan fingerprint density at radius 2 is 1.62 bits per heavy atom. The number of carbonyl (C=O) groups excluding carboxylic acids is 2. The van der Waals surface area contributed by atoms with E-state index in [-0.39, 0.29) is 11.7 Å². The Kier molecular flexibility index (Phi) is 9.90. The smallest absolute Gasteiger partial charge is 0.347 e. The van der Waals surface area contributed by atoms with Gasteiger partial charge in [0.1, 0.15) is 23.7 Å². The maximum absolute atomic E-state index is 12.7. The van der Waals surface area contributed by atoms with Gasteiger partial charge in [-0.2, -0.15) is 5.10 Å². The van der Waals surface area contributed by atoms with Gasteiger partial charge < -0.3 is 18.9 Å². The van der Waals surface area contributed by atoms with Gasteiger partial charge in [0.25, 0.3) is 5.91 Å². The number of para-hydroxylation sites is 1. The molecule has 0 spiro atoms. The number of esters is 1. The lowest BCUT2D eigenvalue weighted by Crippen LogP contribution is -2.17. The molecule has 4 aromatic carbocycles. The fourth-order valence-electron chi connectivity index (χ4n) is 3.61. The Labute approximate surface area is 240 Å². The molecule has 0 fully saturated rings. The molecule has 0 unspecified atom stereocenters. The molecular weight excluding hydrogens is 576 g/mol. The number of ether oxygens (including phenoxy) is 4. The number of nitrogens with zero attached hydrogens (tertiary/aromatic N) is 1. The number of hydrogen-bond donors (Lipinski definition) is 1. The molecule has 0 aliphatic heterocycles. The lowest BCUT2D eigenvalue weighted by molar-refractivity contribution is 0.0724. The number of methoxy groups -OCH3 is 1. The molecule has 4 rings (SSSR count). The van der Waals surface area contributed by atoms with Crippen LogP contribution in [0.3, 0.4) is 0 Å². The van der Waals surface area contributed by atoms with Crippen LogP contribution in [-0.4, -0.2) is 31.8 Å². The van der Waals surface area contributed by atoms with Gasteiger partial charge in [-0.05, 0) is 84.8 Å². The second kappa shape index (κ2) is 14.0. The van der Waals surface area contributed by atoms with Crippen molar-refractivity contribution in [1.82, 2.24) is 5.43 Å². The molecule has 40 heavy (non-hydrogen) atoms. The van der Waals surface area contributed by atoms with Crippen molar-refractivity contribution in [2.24, 2.45) is 5.10 Å². The number of hydrogen-bond acceptors (Lipinski definition) is 7. The highest BCUT2D eigenvalue weighted by molar-refractivity contribution is 9.10. The average Bonchev–Trinajstić information content (AvgIpc) is 2.98. The SMILES string of the molecule is CCOc1cc(/C=N/NC(=O)c2ccc(OCc3ccc(Br)cc3)cc2)ccc1OC(=O)c1ccccc1OC. The van der Waals surface area contributed by atoms with Gasteiger partial charge >= 0.3 is 5.97 Å². The van der Waals surface area contributed by atoms with E-state index in [1.54, 1.807) is 66.7 Å². The fourth-order valence-corrected chi connectivity index (χ4v) is 3.87. The van der Waals surface area contributed by atoms with Gasteiger partial charge in [0.15, 0.2) is 11.5 Å². The van der Waals surface area contributed by atoms with Crippen LogP contribution in [0.4, 0.5) is 0 Å². The lowest BCUT2D eigenvalue weighted by atomic mass is 10.2. The maximum Gasteiger partial charge on any atom is 0.347 e. The minimum absolute atomic E-state index is 0.251. The van der Waals surface area contributed by atoms with Crippen LogP contribution in [0.15, 0.2) is 101 Å². The first-order valence-electron chi connectivity index (χ1n) is 12.4. The number of amides is 1. The largest absolute Gasteiger partial charge is 0.496 e. The predicted octanol–water partition coefficient (Wildman–Crippen LogP) is 6.42. The summed E-state index contributed by atoms with van der Waals surface area (Å²) < 4.78 is 23.3. The first-order valence-corrected chi connectivity index (χ1v) is 13.2. The van der Waals surface area contributed by atoms with Crippen LogP contribution in [0.1, 0.15) is 38.8 Å². The van der Waals surface area contributed by atoms with Crippen LogP contribution in [0.25, 0.3) is 0 Å². The first kappa shape index (κ1) is 28.4. The van der Waals surface area contributed by atoms with E-state index >= 15 is 0 Å². The number of rotatable bonds is 11. The molecule has 8 nitrogen and oxygen atoms in total. The molecule has 0 aliphatic carbocycles. The molecule has 0 saturated carbocycles. The fraction of sp³-hybridized carbons (Fsp3) is 0.129. The number of benzene rings is 4. The lowest BCUT2D eigenvalue weighted by Gasteiger charge is -2.12. The summed E-state index contributed by atoms with van der Waals surface area (Å²) in [6.07, 6.45) is 1.47. The van der Waals surface area contributed by atoms with Crippen molar-refractivity contribution in [3.05, 3.63) is 118 Å². The van der Waals surface area contributed by atoms with Crippen molar-refractivity contribution < 1.29 is 28.5 Å². The van der Waals surface area contributed by atoms with Crippen LogP contribution >= 0.6 is 15.9 Å². The maximum atomic E-state index is 12.7. The highest BCUT2D eigenvalue weighted by atomic mass is 79.9. The van der Waals surface area contributed by atoms with Crippen molar-refractivity contribution >= 4 is 34.0 Å². The molecule has 1 N–H and O–H groups in total. The van der Waals surface area contributed by atoms with Gasteiger partial charge in [0.2, 0.25) is 0 Å². The van der Waals surface area contributed by atoms with E-state index in [1.165, 1.54) is 13.3 Å². The summed E-state index contributed by atoms with van der Waals surface area (Å²) in [7, 11) is 1.49. The van der Waals surface area contributed by atoms with Crippen LogP contribution in [0, 0.1) is 0 Å². The first-order chi connectivity index (χ1) is 19.5. The molecule has 1 amide bonds. The molecular formula is C31H27BrN2O6. The van der Waals surface area contributed by atoms with E-state index in [9.17, 15) is 9.59 Å². The Balaban J connectivity index is 1.35. The highest BCUT2D eigenvalue weighted by Gasteiger charge is 2.17. The van der Waals surface area contributed by atoms with Gasteiger partial charge in [-0.15, -0.1) is 0 Å². The highest BCUT2D eigenvalue weighted by Crippen LogP contribution is 2.30. The minimum Gasteiger partial charge on any atom is -0.496 e. The van der Waals surface area contributed by atoms with Gasteiger partial charge in [-0.25, -0.2) is 10.2 Å². The van der Waals surface area contributed by atoms with Crippen LogP contribution in [-0.2, 0) is 6.61 Å². The Morgan fingerprint density at radius 1 is 0.875 bits per heavy atom. The molecule has 0 radical (unpaired) electrons. The zero-order chi connectivity index (χ0) is 28.3. The van der Waals surface area contributed by atoms with Crippen molar-refractivity contribution in [2.75, 3.05) is 13.7 Å². The zero-order valence-corrected chi connectivity index (χ0v) is 23.5. The summed E-state index contributed by atoms with van der Waals surface area (Å²) in [4.78, 5) is 25.2. The standard InChI is InChI=1S/C31H27BrN2O6/c1-3-38-29-18-22(10-17-28(29)40-31(36)26-6-4-5-7-27(26)37-2)19-33-34-30(35)23-11-15-25(16-12-23)39-20-21-8-13-24(32)14-9-21/h4-19H,3,20H2,1-2H3,(H,34,35)/b33-19+. The average molecular weight is 603 g/mol. The summed E-state index contributed by atoms with van der Waals surface area (Å²) in [5, 5.41) is 4.05. The Bertz CT molecular complexity index is 1490. The molecule has 0 saturated heterocycles. The molecule has 0 aliphatic rings. The van der Waals surface area contributed by atoms with E-state index in [1.807, 2.05) is 31.2 Å². The van der Waals surface area contributed by atoms with Crippen molar-refractivity contribution in [1.29, 1.82) is 0 Å². The third kappa shape index (κ3) is 7.70. The second-order valence-electron chi connectivity index (χ2n) is 8.37. The van der Waals surface area contributed by atoms with E-state index in [0.29, 0.717) is 47.2 Å². The number of nitrogens with one attached hydrogen (secondary N) is 1. The van der Waals surface area contributed by atoms with Crippen LogP contribution in [0.2, 0.25) is 0 Å². The third-order valence-corrected chi connectivity index (χ3v) is 6.14. The Hall–Kier alpha value is -4.63. The summed E-state index contributed by atoms with van der Waals surface area (Å²) in [6, 6.07) is 26.4. The Morgan fingerprint density at radius 3 is 2.35 bits per heavy atom. The second-order valence-corrected chi connectivity index (χ2v) is 9.28. The predicted molar refractivity (Wildman–Crippen MR) is 156 cm³/mol. The summed E-state index contributed by atoms with van der Waals surface area (Å²) in [5.41, 5.74) is 4.91. The van der Waals surface area contributed by atoms with Crippen molar-refractivity contribution in [3.63, 3.8) is 0 Å². The number of carbonyl (C=O) groups is 2. The molecule has 204 valence electrons. The quantitative estimate of drug-likeness (QED) is 0.0921. The number of hydrazone groups is 1. The van der Waals surface area contributed by atoms with Gasteiger partial charge in [-0.1, -0.05) is 40.2 Å². The molecule has 0 atom stereocenters. The van der Waals surface area contributed by atoms with Gasteiger partial charge in [0.05, 0.1) is 19.9 Å². The molecule has 0 aromatic heterocycles. The van der Waals surface area contributed by atoms with E-state index in [4.69, 9.17) is 18.9 Å². The van der Waals surface area contributed by atoms with E-state index < -0.39 is 5.97 Å². The van der Waals surface area contributed by atoms with Crippen LogP contribution in [0.5, 0.6) is 23.0 Å². The topological polar surface area (TPSA) is 95.5 Å². The van der Waals surface area contributed by atoms with Gasteiger partial charge in [-0.3, -0.25) is 4.79 Å². The molecule has 9 heteroatoms. The summed E-state index contributed by atoms with van der Waals surface area (Å²) >= 11 is 3.41. The monoisotopic (exact) mass is 602 g/mol. The molecule has 4 aromatic rings. The van der Waals surface area contributed by atoms with Crippen molar-refractivity contribution in [3.8, 4) is 23.0 Å². The van der Waals surface area contributed by atoms with E-state index in [0.717, 1.165) is 10.0 Å². The normalized spacial score (nSPS) is 10.7. The van der Waals surface area contributed by atoms with Gasteiger partial charge in [0, 0.05) is 10.0 Å². The molecule has 0 heterocycles. The summed E-state index contributed by atoms with van der Waals surface area (Å²) in [5.74, 6) is 0.729. The minimum atomic E-state index is -0.572. The summed E-state index contributed by atoms with van der Waals surface area (Å²) in [6.45, 7) is 2.61. The van der Waals surface area contributed by atoms with Crippen LogP contribution < -0.4 is 24.4 Å².